The van der Waals surface area contributed by atoms with E-state index in [1.165, 1.54) is 32.1 Å². The summed E-state index contributed by atoms with van der Waals surface area (Å²) in [5.41, 5.74) is 0. The maximum absolute atomic E-state index is 11.3. The molecule has 90 valence electrons. The molecule has 1 saturated heterocycles. The van der Waals surface area contributed by atoms with Crippen LogP contribution >= 0.6 is 0 Å². The van der Waals surface area contributed by atoms with E-state index in [0.29, 0.717) is 6.42 Å². The number of imide groups is 1. The summed E-state index contributed by atoms with van der Waals surface area (Å²) >= 11 is 0. The molecule has 0 aromatic heterocycles. The fourth-order valence-electron chi connectivity index (χ4n) is 2.66. The first kappa shape index (κ1) is 11.6. The van der Waals surface area contributed by atoms with Crippen LogP contribution in [0.2, 0.25) is 0 Å². The molecule has 0 aromatic rings. The van der Waals surface area contributed by atoms with E-state index >= 15 is 0 Å². The average molecular weight is 224 g/mol. The summed E-state index contributed by atoms with van der Waals surface area (Å²) in [6.45, 7) is 0.857. The molecule has 0 aromatic carbocycles. The van der Waals surface area contributed by atoms with Gasteiger partial charge in [0.2, 0.25) is 11.8 Å². The molecular formula is C12H20N2O2. The number of nitrogens with one attached hydrogen (secondary N) is 2. The van der Waals surface area contributed by atoms with Gasteiger partial charge in [0.1, 0.15) is 0 Å². The molecule has 1 heterocycles. The van der Waals surface area contributed by atoms with Crippen molar-refractivity contribution in [3.63, 3.8) is 0 Å². The van der Waals surface area contributed by atoms with E-state index in [4.69, 9.17) is 0 Å². The second-order valence-electron chi connectivity index (χ2n) is 4.92. The Balaban J connectivity index is 1.64. The van der Waals surface area contributed by atoms with Gasteiger partial charge in [-0.3, -0.25) is 14.9 Å². The lowest BCUT2D eigenvalue weighted by Crippen LogP contribution is -2.37. The fraction of sp³-hybridized carbons (Fsp3) is 0.833. The predicted octanol–water partition coefficient (Wildman–Crippen LogP) is 0.961. The summed E-state index contributed by atoms with van der Waals surface area (Å²) in [6, 6.07) is -0.281. The van der Waals surface area contributed by atoms with E-state index in [1.54, 1.807) is 0 Å². The third-order valence-electron chi connectivity index (χ3n) is 3.64. The highest BCUT2D eigenvalue weighted by Crippen LogP contribution is 2.25. The minimum Gasteiger partial charge on any atom is -0.305 e. The predicted molar refractivity (Wildman–Crippen MR) is 60.7 cm³/mol. The van der Waals surface area contributed by atoms with E-state index < -0.39 is 0 Å². The molecule has 0 spiro atoms. The van der Waals surface area contributed by atoms with Crippen LogP contribution in [0.3, 0.4) is 0 Å². The van der Waals surface area contributed by atoms with Crippen molar-refractivity contribution in [1.29, 1.82) is 0 Å². The summed E-state index contributed by atoms with van der Waals surface area (Å²) < 4.78 is 0. The Labute approximate surface area is 96.2 Å². The van der Waals surface area contributed by atoms with Gasteiger partial charge in [-0.2, -0.15) is 0 Å². The van der Waals surface area contributed by atoms with Crippen LogP contribution in [-0.4, -0.2) is 24.4 Å². The third kappa shape index (κ3) is 3.04. The Bertz CT molecular complexity index is 272. The van der Waals surface area contributed by atoms with Crippen LogP contribution in [0.5, 0.6) is 0 Å². The third-order valence-corrected chi connectivity index (χ3v) is 3.64. The highest BCUT2D eigenvalue weighted by atomic mass is 16.2. The number of amides is 2. The molecular weight excluding hydrogens is 204 g/mol. The van der Waals surface area contributed by atoms with E-state index in [9.17, 15) is 9.59 Å². The normalized spacial score (nSPS) is 27.1. The van der Waals surface area contributed by atoms with E-state index in [-0.39, 0.29) is 17.9 Å². The summed E-state index contributed by atoms with van der Waals surface area (Å²) in [5, 5.41) is 5.49. The number of hydrogen-bond acceptors (Lipinski definition) is 3. The zero-order valence-corrected chi connectivity index (χ0v) is 9.63. The second-order valence-corrected chi connectivity index (χ2v) is 4.92. The molecule has 2 aliphatic rings. The quantitative estimate of drug-likeness (QED) is 0.699. The Kier molecular flexibility index (Phi) is 3.93. The molecule has 2 rings (SSSR count). The van der Waals surface area contributed by atoms with Crippen molar-refractivity contribution < 1.29 is 9.59 Å². The number of rotatable bonds is 4. The SMILES string of the molecule is O=C1CC(NCCC2CCCCC2)C(=O)N1. The first-order valence-corrected chi connectivity index (χ1v) is 6.33. The lowest BCUT2D eigenvalue weighted by Gasteiger charge is -2.22. The molecule has 0 radical (unpaired) electrons. The highest BCUT2D eigenvalue weighted by molar-refractivity contribution is 6.05. The molecule has 16 heavy (non-hydrogen) atoms. The van der Waals surface area contributed by atoms with Gasteiger partial charge in [0.15, 0.2) is 0 Å². The molecule has 4 heteroatoms. The molecule has 0 bridgehead atoms. The van der Waals surface area contributed by atoms with Crippen LogP contribution in [0.4, 0.5) is 0 Å². The fourth-order valence-corrected chi connectivity index (χ4v) is 2.66. The van der Waals surface area contributed by atoms with Gasteiger partial charge in [-0.25, -0.2) is 0 Å². The van der Waals surface area contributed by atoms with Gasteiger partial charge in [-0.15, -0.1) is 0 Å². The highest BCUT2D eigenvalue weighted by Gasteiger charge is 2.29. The van der Waals surface area contributed by atoms with Crippen molar-refractivity contribution in [3.05, 3.63) is 0 Å². The smallest absolute Gasteiger partial charge is 0.244 e. The van der Waals surface area contributed by atoms with Crippen LogP contribution in [0.25, 0.3) is 0 Å². The number of hydrogen-bond donors (Lipinski definition) is 2. The maximum atomic E-state index is 11.3. The van der Waals surface area contributed by atoms with Crippen LogP contribution in [0.1, 0.15) is 44.9 Å². The molecule has 1 unspecified atom stereocenters. The molecule has 1 aliphatic heterocycles. The standard InChI is InChI=1S/C12H20N2O2/c15-11-8-10(12(16)14-11)13-7-6-9-4-2-1-3-5-9/h9-10,13H,1-8H2,(H,14,15,16). The second kappa shape index (κ2) is 5.43. The largest absolute Gasteiger partial charge is 0.305 e. The molecule has 2 N–H and O–H groups in total. The van der Waals surface area contributed by atoms with Crippen molar-refractivity contribution in [2.75, 3.05) is 6.54 Å². The Morgan fingerprint density at radius 3 is 2.56 bits per heavy atom. The summed E-state index contributed by atoms with van der Waals surface area (Å²) in [6.07, 6.45) is 8.19. The van der Waals surface area contributed by atoms with Crippen molar-refractivity contribution >= 4 is 11.8 Å². The van der Waals surface area contributed by atoms with Crippen molar-refractivity contribution in [3.8, 4) is 0 Å². The van der Waals surface area contributed by atoms with Crippen molar-refractivity contribution in [1.82, 2.24) is 10.6 Å². The Morgan fingerprint density at radius 2 is 1.94 bits per heavy atom. The average Bonchev–Trinajstić information content (AvgIpc) is 2.59. The molecule has 1 saturated carbocycles. The monoisotopic (exact) mass is 224 g/mol. The van der Waals surface area contributed by atoms with Crippen LogP contribution < -0.4 is 10.6 Å². The van der Waals surface area contributed by atoms with Gasteiger partial charge in [0.25, 0.3) is 0 Å². The molecule has 2 fully saturated rings. The van der Waals surface area contributed by atoms with Crippen molar-refractivity contribution in [2.24, 2.45) is 5.92 Å². The van der Waals surface area contributed by atoms with Gasteiger partial charge in [0, 0.05) is 0 Å². The Morgan fingerprint density at radius 1 is 1.19 bits per heavy atom. The van der Waals surface area contributed by atoms with E-state index in [1.807, 2.05) is 0 Å². The molecule has 4 nitrogen and oxygen atoms in total. The minimum atomic E-state index is -0.281. The topological polar surface area (TPSA) is 58.2 Å². The summed E-state index contributed by atoms with van der Waals surface area (Å²) in [4.78, 5) is 22.2. The van der Waals surface area contributed by atoms with Crippen LogP contribution in [0.15, 0.2) is 0 Å². The lowest BCUT2D eigenvalue weighted by molar-refractivity contribution is -0.125. The minimum absolute atomic E-state index is 0.153. The number of carbonyl (C=O) groups excluding carboxylic acids is 2. The summed E-state index contributed by atoms with van der Waals surface area (Å²) in [5.74, 6) is 0.509. The van der Waals surface area contributed by atoms with Crippen LogP contribution in [0, 0.1) is 5.92 Å². The van der Waals surface area contributed by atoms with Crippen LogP contribution in [-0.2, 0) is 9.59 Å². The maximum Gasteiger partial charge on any atom is 0.244 e. The van der Waals surface area contributed by atoms with Gasteiger partial charge in [-0.05, 0) is 18.9 Å². The molecule has 1 aliphatic carbocycles. The van der Waals surface area contributed by atoms with Gasteiger partial charge < -0.3 is 5.32 Å². The molecule has 1 atom stereocenters. The van der Waals surface area contributed by atoms with Gasteiger partial charge in [-0.1, -0.05) is 32.1 Å². The first-order valence-electron chi connectivity index (χ1n) is 6.33. The first-order chi connectivity index (χ1) is 7.75. The molecule has 2 amide bonds. The van der Waals surface area contributed by atoms with Gasteiger partial charge >= 0.3 is 0 Å². The zero-order chi connectivity index (χ0) is 11.4. The Hall–Kier alpha value is -0.900. The summed E-state index contributed by atoms with van der Waals surface area (Å²) in [7, 11) is 0. The number of carbonyl (C=O) groups is 2. The van der Waals surface area contributed by atoms with E-state index in [0.717, 1.165) is 18.9 Å². The van der Waals surface area contributed by atoms with E-state index in [2.05, 4.69) is 10.6 Å². The van der Waals surface area contributed by atoms with Gasteiger partial charge in [0.05, 0.1) is 12.5 Å². The zero-order valence-electron chi connectivity index (χ0n) is 9.63. The lowest BCUT2D eigenvalue weighted by atomic mass is 9.87. The van der Waals surface area contributed by atoms with Crippen molar-refractivity contribution in [2.45, 2.75) is 51.0 Å².